The van der Waals surface area contributed by atoms with Crippen LogP contribution in [0.15, 0.2) is 24.3 Å². The molecule has 3 aliphatic rings. The summed E-state index contributed by atoms with van der Waals surface area (Å²) in [5, 5.41) is 119. The van der Waals surface area contributed by atoms with Gasteiger partial charge in [0, 0.05) is 6.42 Å². The molecule has 0 bridgehead atoms. The molecule has 17 unspecified atom stereocenters. The van der Waals surface area contributed by atoms with Gasteiger partial charge in [-0.05, 0) is 32.1 Å². The van der Waals surface area contributed by atoms with Crippen molar-refractivity contribution < 1.29 is 89.4 Å². The molecule has 3 heterocycles. The lowest BCUT2D eigenvalue weighted by Gasteiger charge is -2.48. The number of carbonyl (C=O) groups is 1. The van der Waals surface area contributed by atoms with Crippen molar-refractivity contribution in [3.05, 3.63) is 24.3 Å². The molecule has 61 heavy (non-hydrogen) atoms. The molecule has 3 aliphatic heterocycles. The van der Waals surface area contributed by atoms with Crippen LogP contribution < -0.4 is 5.32 Å². The summed E-state index contributed by atoms with van der Waals surface area (Å²) in [6.07, 6.45) is -5.62. The van der Waals surface area contributed by atoms with Gasteiger partial charge in [-0.2, -0.15) is 0 Å². The van der Waals surface area contributed by atoms with E-state index in [-0.39, 0.29) is 18.9 Å². The molecule has 0 aliphatic carbocycles. The third kappa shape index (κ3) is 16.6. The Morgan fingerprint density at radius 3 is 1.64 bits per heavy atom. The summed E-state index contributed by atoms with van der Waals surface area (Å²) in [6, 6.07) is -0.978. The Morgan fingerprint density at radius 1 is 0.574 bits per heavy atom. The molecule has 3 fully saturated rings. The lowest BCUT2D eigenvalue weighted by molar-refractivity contribution is -0.379. The van der Waals surface area contributed by atoms with Gasteiger partial charge in [0.05, 0.1) is 38.6 Å². The molecule has 12 N–H and O–H groups in total. The molecule has 0 saturated carbocycles. The quantitative estimate of drug-likeness (QED) is 0.0328. The van der Waals surface area contributed by atoms with Gasteiger partial charge in [-0.25, -0.2) is 0 Å². The Morgan fingerprint density at radius 2 is 1.05 bits per heavy atom. The summed E-state index contributed by atoms with van der Waals surface area (Å²) in [5.41, 5.74) is 0. The summed E-state index contributed by atoms with van der Waals surface area (Å²) in [4.78, 5) is 12.9. The summed E-state index contributed by atoms with van der Waals surface area (Å²) in [5.74, 6) is -0.308. The topological polar surface area (TPSA) is 307 Å². The predicted molar refractivity (Wildman–Crippen MR) is 217 cm³/mol. The van der Waals surface area contributed by atoms with E-state index in [1.165, 1.54) is 32.1 Å². The third-order valence-corrected chi connectivity index (χ3v) is 11.3. The van der Waals surface area contributed by atoms with Crippen molar-refractivity contribution in [3.63, 3.8) is 0 Å². The van der Waals surface area contributed by atoms with Crippen LogP contribution in [0.25, 0.3) is 0 Å². The average Bonchev–Trinajstić information content (AvgIpc) is 3.25. The largest absolute Gasteiger partial charge is 0.394 e. The van der Waals surface area contributed by atoms with Gasteiger partial charge in [-0.3, -0.25) is 4.79 Å². The van der Waals surface area contributed by atoms with E-state index in [1.54, 1.807) is 6.08 Å². The second-order valence-electron chi connectivity index (χ2n) is 16.2. The summed E-state index contributed by atoms with van der Waals surface area (Å²) >= 11 is 0. The molecule has 0 aromatic heterocycles. The minimum atomic E-state index is -1.97. The van der Waals surface area contributed by atoms with E-state index in [0.717, 1.165) is 38.5 Å². The van der Waals surface area contributed by atoms with Gasteiger partial charge in [-0.15, -0.1) is 0 Å². The predicted octanol–water partition coefficient (Wildman–Crippen LogP) is -1.09. The van der Waals surface area contributed by atoms with Gasteiger partial charge in [0.2, 0.25) is 5.91 Å². The first-order valence-corrected chi connectivity index (χ1v) is 22.1. The van der Waals surface area contributed by atoms with Crippen LogP contribution in [0.3, 0.4) is 0 Å². The number of rotatable bonds is 28. The van der Waals surface area contributed by atoms with Crippen LogP contribution in [0.2, 0.25) is 0 Å². The zero-order chi connectivity index (χ0) is 44.9. The Balaban J connectivity index is 1.60. The number of unbranched alkanes of at least 4 members (excludes halogenated alkanes) is 10. The van der Waals surface area contributed by atoms with Gasteiger partial charge in [0.1, 0.15) is 73.2 Å². The first-order valence-electron chi connectivity index (χ1n) is 22.1. The minimum Gasteiger partial charge on any atom is -0.394 e. The Bertz CT molecular complexity index is 1240. The van der Waals surface area contributed by atoms with Gasteiger partial charge in [0.25, 0.3) is 0 Å². The fraction of sp³-hybridized carbons (Fsp3) is 0.881. The maximum absolute atomic E-state index is 12.9. The van der Waals surface area contributed by atoms with Crippen molar-refractivity contribution in [1.82, 2.24) is 5.32 Å². The first kappa shape index (κ1) is 53.6. The van der Waals surface area contributed by atoms with Gasteiger partial charge >= 0.3 is 0 Å². The van der Waals surface area contributed by atoms with E-state index in [2.05, 4.69) is 31.3 Å². The molecule has 3 saturated heterocycles. The second-order valence-corrected chi connectivity index (χ2v) is 16.2. The number of hydrogen-bond acceptors (Lipinski definition) is 18. The highest BCUT2D eigenvalue weighted by atomic mass is 16.8. The SMILES string of the molecule is CCCCCCCC/C=C/CC/C=C/C(O)C(COC1OC(CO)C(OC2OC(CO)C(OC3OC(CO)C(O)C(O)C3O)C(O)C2O)C(O)C1O)NC(=O)CCCCCC. The van der Waals surface area contributed by atoms with E-state index < -0.39 is 124 Å². The molecule has 3 rings (SSSR count). The zero-order valence-electron chi connectivity index (χ0n) is 35.6. The second kappa shape index (κ2) is 28.9. The van der Waals surface area contributed by atoms with E-state index in [4.69, 9.17) is 28.4 Å². The molecule has 0 aromatic carbocycles. The van der Waals surface area contributed by atoms with Crippen LogP contribution in [0.1, 0.15) is 104 Å². The highest BCUT2D eigenvalue weighted by Crippen LogP contribution is 2.33. The number of allylic oxidation sites excluding steroid dienone is 3. The summed E-state index contributed by atoms with van der Waals surface area (Å²) < 4.78 is 33.8. The standard InChI is InChI=1S/C42H75NO18/c1-3-5-7-9-10-11-12-13-14-15-16-17-19-26(47)25(43-30(48)20-18-8-6-4-2)24-56-40-36(54)33(51)38(28(22-45)58-40)61-42-37(55)34(52)39(29(23-46)59-42)60-41-35(53)32(50)31(49)27(21-44)57-41/h13-14,17,19,25-29,31-42,44-47,49-55H,3-12,15-16,18,20-24H2,1-2H3,(H,43,48)/b14-13+,19-17+. The fourth-order valence-electron chi connectivity index (χ4n) is 7.44. The third-order valence-electron chi connectivity index (χ3n) is 11.3. The molecule has 17 atom stereocenters. The lowest BCUT2D eigenvalue weighted by Crippen LogP contribution is -2.66. The monoisotopic (exact) mass is 881 g/mol. The van der Waals surface area contributed by atoms with E-state index >= 15 is 0 Å². The molecular formula is C42H75NO18. The highest BCUT2D eigenvalue weighted by Gasteiger charge is 2.53. The van der Waals surface area contributed by atoms with Crippen LogP contribution in [0.5, 0.6) is 0 Å². The molecule has 19 nitrogen and oxygen atoms in total. The van der Waals surface area contributed by atoms with E-state index in [1.807, 2.05) is 6.08 Å². The first-order chi connectivity index (χ1) is 29.3. The van der Waals surface area contributed by atoms with Crippen LogP contribution >= 0.6 is 0 Å². The van der Waals surface area contributed by atoms with E-state index in [0.29, 0.717) is 12.8 Å². The van der Waals surface area contributed by atoms with Crippen molar-refractivity contribution in [2.24, 2.45) is 0 Å². The maximum Gasteiger partial charge on any atom is 0.220 e. The van der Waals surface area contributed by atoms with Gasteiger partial charge in [-0.1, -0.05) is 89.5 Å². The molecule has 0 aromatic rings. The van der Waals surface area contributed by atoms with Crippen molar-refractivity contribution in [2.45, 2.75) is 208 Å². The fourth-order valence-corrected chi connectivity index (χ4v) is 7.44. The number of amides is 1. The van der Waals surface area contributed by atoms with Crippen molar-refractivity contribution in [1.29, 1.82) is 0 Å². The number of ether oxygens (including phenoxy) is 6. The minimum absolute atomic E-state index is 0.227. The maximum atomic E-state index is 12.9. The Labute approximate surface area is 358 Å². The van der Waals surface area contributed by atoms with E-state index in [9.17, 15) is 61.0 Å². The van der Waals surface area contributed by atoms with Crippen molar-refractivity contribution >= 4 is 5.91 Å². The zero-order valence-corrected chi connectivity index (χ0v) is 35.6. The smallest absolute Gasteiger partial charge is 0.220 e. The number of nitrogens with one attached hydrogen (secondary N) is 1. The van der Waals surface area contributed by atoms with Crippen LogP contribution in [-0.4, -0.2) is 193 Å². The molecule has 19 heteroatoms. The van der Waals surface area contributed by atoms with Crippen LogP contribution in [-0.2, 0) is 33.2 Å². The Hall–Kier alpha value is -1.73. The molecule has 0 radical (unpaired) electrons. The molecule has 1 amide bonds. The number of aliphatic hydroxyl groups excluding tert-OH is 11. The molecular weight excluding hydrogens is 806 g/mol. The number of carbonyl (C=O) groups excluding carboxylic acids is 1. The summed E-state index contributed by atoms with van der Waals surface area (Å²) in [6.45, 7) is 1.47. The van der Waals surface area contributed by atoms with Crippen LogP contribution in [0.4, 0.5) is 0 Å². The number of aliphatic hydroxyl groups is 11. The van der Waals surface area contributed by atoms with Gasteiger partial charge < -0.3 is 89.9 Å². The number of hydrogen-bond donors (Lipinski definition) is 12. The highest BCUT2D eigenvalue weighted by molar-refractivity contribution is 5.76. The summed E-state index contributed by atoms with van der Waals surface area (Å²) in [7, 11) is 0. The normalized spacial score (nSPS) is 35.8. The van der Waals surface area contributed by atoms with Gasteiger partial charge in [0.15, 0.2) is 18.9 Å². The Kier molecular flexibility index (Phi) is 25.4. The van der Waals surface area contributed by atoms with Crippen LogP contribution in [0, 0.1) is 0 Å². The average molecular weight is 882 g/mol. The molecule has 356 valence electrons. The van der Waals surface area contributed by atoms with Crippen molar-refractivity contribution in [3.8, 4) is 0 Å². The van der Waals surface area contributed by atoms with Crippen molar-refractivity contribution in [2.75, 3.05) is 26.4 Å². The molecule has 0 spiro atoms. The lowest BCUT2D eigenvalue weighted by atomic mass is 9.96.